The van der Waals surface area contributed by atoms with E-state index in [0.717, 1.165) is 11.5 Å². The predicted octanol–water partition coefficient (Wildman–Crippen LogP) is 1.85. The van der Waals surface area contributed by atoms with Gasteiger partial charge in [-0.15, -0.1) is 23.5 Å². The van der Waals surface area contributed by atoms with Gasteiger partial charge in [0, 0.05) is 23.4 Å². The van der Waals surface area contributed by atoms with Crippen LogP contribution in [0.1, 0.15) is 13.8 Å². The Morgan fingerprint density at radius 1 is 1.55 bits per heavy atom. The van der Waals surface area contributed by atoms with Crippen LogP contribution in [0, 0.1) is 10.1 Å². The summed E-state index contributed by atoms with van der Waals surface area (Å²) in [7, 11) is 0. The molecule has 1 heterocycles. The maximum absolute atomic E-state index is 10.5. The molecule has 1 atom stereocenters. The smallest absolute Gasteiger partial charge is 0.233 e. The Morgan fingerprint density at radius 2 is 2.00 bits per heavy atom. The highest BCUT2D eigenvalue weighted by molar-refractivity contribution is 8.21. The lowest BCUT2D eigenvalue weighted by Crippen LogP contribution is -2.34. The maximum atomic E-state index is 10.5. The van der Waals surface area contributed by atoms with Crippen LogP contribution < -0.4 is 0 Å². The molecule has 1 aliphatic heterocycles. The van der Waals surface area contributed by atoms with Gasteiger partial charge in [-0.2, -0.15) is 0 Å². The van der Waals surface area contributed by atoms with E-state index in [9.17, 15) is 10.1 Å². The van der Waals surface area contributed by atoms with Crippen molar-refractivity contribution >= 4 is 23.5 Å². The Hall–Kier alpha value is 0.1000. The molecule has 0 aromatic heterocycles. The van der Waals surface area contributed by atoms with Crippen LogP contribution in [0.5, 0.6) is 0 Å². The number of nitro groups is 1. The minimum atomic E-state index is -0.444. The zero-order valence-electron chi connectivity index (χ0n) is 6.57. The predicted molar refractivity (Wildman–Crippen MR) is 49.8 cm³/mol. The topological polar surface area (TPSA) is 43.1 Å². The fraction of sp³-hybridized carbons (Fsp3) is 1.00. The van der Waals surface area contributed by atoms with Gasteiger partial charge in [0.15, 0.2) is 0 Å². The largest absolute Gasteiger partial charge is 0.264 e. The molecule has 1 saturated heterocycles. The van der Waals surface area contributed by atoms with Crippen LogP contribution in [0.25, 0.3) is 0 Å². The van der Waals surface area contributed by atoms with Gasteiger partial charge >= 0.3 is 0 Å². The zero-order valence-corrected chi connectivity index (χ0v) is 8.20. The Bertz CT molecular complexity index is 168. The summed E-state index contributed by atoms with van der Waals surface area (Å²) in [6.45, 7) is 3.65. The molecule has 64 valence electrons. The van der Waals surface area contributed by atoms with E-state index in [4.69, 9.17) is 0 Å². The normalized spacial score (nSPS) is 24.9. The molecule has 1 rings (SSSR count). The quantitative estimate of drug-likeness (QED) is 0.496. The van der Waals surface area contributed by atoms with Crippen LogP contribution in [0.15, 0.2) is 0 Å². The Morgan fingerprint density at radius 3 is 2.36 bits per heavy atom. The van der Waals surface area contributed by atoms with Crippen molar-refractivity contribution in [2.75, 3.05) is 11.5 Å². The minimum Gasteiger partial charge on any atom is -0.264 e. The van der Waals surface area contributed by atoms with E-state index < -0.39 is 6.04 Å². The number of hydrogen-bond donors (Lipinski definition) is 0. The molecule has 0 aromatic carbocycles. The van der Waals surface area contributed by atoms with E-state index >= 15 is 0 Å². The molecule has 0 bridgehead atoms. The molecule has 11 heavy (non-hydrogen) atoms. The highest BCUT2D eigenvalue weighted by Crippen LogP contribution is 2.46. The molecule has 3 nitrogen and oxygen atoms in total. The van der Waals surface area contributed by atoms with Crippen LogP contribution in [0.2, 0.25) is 0 Å². The van der Waals surface area contributed by atoms with E-state index in [0.29, 0.717) is 0 Å². The van der Waals surface area contributed by atoms with Gasteiger partial charge in [-0.05, 0) is 6.92 Å². The van der Waals surface area contributed by atoms with Crippen molar-refractivity contribution in [3.63, 3.8) is 0 Å². The molecule has 1 fully saturated rings. The summed E-state index contributed by atoms with van der Waals surface area (Å²) >= 11 is 3.40. The molecule has 1 aliphatic rings. The summed E-state index contributed by atoms with van der Waals surface area (Å²) in [6, 6.07) is -0.444. The van der Waals surface area contributed by atoms with Gasteiger partial charge in [0.05, 0.1) is 0 Å². The average molecular weight is 193 g/mol. The van der Waals surface area contributed by atoms with E-state index in [-0.39, 0.29) is 9.00 Å². The molecule has 0 radical (unpaired) electrons. The highest BCUT2D eigenvalue weighted by Gasteiger charge is 2.43. The second-order valence-corrected chi connectivity index (χ2v) is 6.02. The van der Waals surface area contributed by atoms with Crippen molar-refractivity contribution < 1.29 is 4.92 Å². The van der Waals surface area contributed by atoms with Crippen molar-refractivity contribution in [2.24, 2.45) is 0 Å². The molecule has 0 spiro atoms. The summed E-state index contributed by atoms with van der Waals surface area (Å²) in [5.74, 6) is 2.08. The van der Waals surface area contributed by atoms with Crippen LogP contribution in [-0.2, 0) is 0 Å². The monoisotopic (exact) mass is 193 g/mol. The Balaban J connectivity index is 2.63. The van der Waals surface area contributed by atoms with Gasteiger partial charge in [0.2, 0.25) is 6.04 Å². The minimum absolute atomic E-state index is 0.189. The SMILES string of the molecule is CC([N+](=O)[O-])C1(C)SCCS1. The van der Waals surface area contributed by atoms with Crippen molar-refractivity contribution in [1.82, 2.24) is 0 Å². The van der Waals surface area contributed by atoms with Crippen LogP contribution in [-0.4, -0.2) is 26.5 Å². The molecule has 1 unspecified atom stereocenters. The lowest BCUT2D eigenvalue weighted by Gasteiger charge is -2.22. The number of hydrogen-bond acceptors (Lipinski definition) is 4. The molecule has 5 heteroatoms. The van der Waals surface area contributed by atoms with E-state index in [1.165, 1.54) is 0 Å². The van der Waals surface area contributed by atoms with Crippen LogP contribution in [0.4, 0.5) is 0 Å². The first kappa shape index (κ1) is 9.19. The standard InChI is InChI=1S/C6H11NO2S2/c1-5(7(8)9)6(2)10-3-4-11-6/h5H,3-4H2,1-2H3. The second kappa shape index (κ2) is 3.23. The average Bonchev–Trinajstić information content (AvgIpc) is 2.35. The van der Waals surface area contributed by atoms with Crippen LogP contribution >= 0.6 is 23.5 Å². The van der Waals surface area contributed by atoms with Gasteiger partial charge < -0.3 is 0 Å². The maximum Gasteiger partial charge on any atom is 0.233 e. The number of thioether (sulfide) groups is 2. The van der Waals surface area contributed by atoms with Crippen molar-refractivity contribution in [1.29, 1.82) is 0 Å². The molecule has 0 N–H and O–H groups in total. The summed E-state index contributed by atoms with van der Waals surface area (Å²) in [5.41, 5.74) is 0. The summed E-state index contributed by atoms with van der Waals surface area (Å²) < 4.78 is -0.191. The number of nitrogens with zero attached hydrogens (tertiary/aromatic N) is 1. The first-order chi connectivity index (χ1) is 5.06. The summed E-state index contributed by atoms with van der Waals surface area (Å²) in [4.78, 5) is 10.3. The third kappa shape index (κ3) is 1.82. The van der Waals surface area contributed by atoms with Gasteiger partial charge in [0.1, 0.15) is 4.08 Å². The van der Waals surface area contributed by atoms with E-state index in [1.54, 1.807) is 30.4 Å². The van der Waals surface area contributed by atoms with Gasteiger partial charge in [-0.1, -0.05) is 0 Å². The lowest BCUT2D eigenvalue weighted by molar-refractivity contribution is -0.518. The number of rotatable bonds is 2. The zero-order chi connectivity index (χ0) is 8.48. The second-order valence-electron chi connectivity index (χ2n) is 2.67. The molecular weight excluding hydrogens is 182 g/mol. The van der Waals surface area contributed by atoms with Crippen molar-refractivity contribution in [2.45, 2.75) is 24.0 Å². The molecular formula is C6H11NO2S2. The third-order valence-corrected chi connectivity index (χ3v) is 5.55. The summed E-state index contributed by atoms with van der Waals surface area (Å²) in [6.07, 6.45) is 0. The fourth-order valence-electron chi connectivity index (χ4n) is 0.963. The molecule has 0 aromatic rings. The third-order valence-electron chi connectivity index (χ3n) is 1.94. The highest BCUT2D eigenvalue weighted by atomic mass is 32.2. The molecule has 0 saturated carbocycles. The van der Waals surface area contributed by atoms with Crippen LogP contribution in [0.3, 0.4) is 0 Å². The first-order valence-corrected chi connectivity index (χ1v) is 5.45. The lowest BCUT2D eigenvalue weighted by atomic mass is 10.3. The fourth-order valence-corrected chi connectivity index (χ4v) is 3.93. The molecule has 0 aliphatic carbocycles. The summed E-state index contributed by atoms with van der Waals surface area (Å²) in [5, 5.41) is 10.5. The van der Waals surface area contributed by atoms with E-state index in [1.807, 2.05) is 6.92 Å². The van der Waals surface area contributed by atoms with Crippen molar-refractivity contribution in [3.05, 3.63) is 10.1 Å². The van der Waals surface area contributed by atoms with E-state index in [2.05, 4.69) is 0 Å². The first-order valence-electron chi connectivity index (χ1n) is 3.47. The van der Waals surface area contributed by atoms with Crippen molar-refractivity contribution in [3.8, 4) is 0 Å². The van der Waals surface area contributed by atoms with Gasteiger partial charge in [-0.3, -0.25) is 10.1 Å². The Labute approximate surface area is 74.5 Å². The van der Waals surface area contributed by atoms with Gasteiger partial charge in [-0.25, -0.2) is 0 Å². The molecule has 0 amide bonds. The van der Waals surface area contributed by atoms with Gasteiger partial charge in [0.25, 0.3) is 0 Å². The Kier molecular flexibility index (Phi) is 2.70.